The Balaban J connectivity index is 2.40. The second kappa shape index (κ2) is 4.35. The lowest BCUT2D eigenvalue weighted by atomic mass is 10.1. The van der Waals surface area contributed by atoms with Crippen molar-refractivity contribution in [1.29, 1.82) is 0 Å². The van der Waals surface area contributed by atoms with Crippen molar-refractivity contribution >= 4 is 27.5 Å². The standard InChI is InChI=1S/C10H7BrClNO2/c11-8-2-1-6(3-9(8)12)10-4-7(5-14)15-13-10/h1-4,14H,5H2. The summed E-state index contributed by atoms with van der Waals surface area (Å²) in [6, 6.07) is 7.17. The predicted molar refractivity (Wildman–Crippen MR) is 60.6 cm³/mol. The van der Waals surface area contributed by atoms with Crippen LogP contribution in [0.25, 0.3) is 11.3 Å². The Morgan fingerprint density at radius 1 is 1.40 bits per heavy atom. The summed E-state index contributed by atoms with van der Waals surface area (Å²) in [7, 11) is 0. The number of aliphatic hydroxyl groups is 1. The van der Waals surface area contributed by atoms with E-state index in [1.54, 1.807) is 12.1 Å². The fourth-order valence-electron chi connectivity index (χ4n) is 1.18. The van der Waals surface area contributed by atoms with Crippen LogP contribution in [-0.4, -0.2) is 10.3 Å². The normalized spacial score (nSPS) is 10.6. The second-order valence-corrected chi connectivity index (χ2v) is 4.23. The Morgan fingerprint density at radius 2 is 2.20 bits per heavy atom. The number of benzene rings is 1. The monoisotopic (exact) mass is 287 g/mol. The molecule has 3 nitrogen and oxygen atoms in total. The summed E-state index contributed by atoms with van der Waals surface area (Å²) in [6.07, 6.45) is 0. The van der Waals surface area contributed by atoms with Crippen molar-refractivity contribution in [2.45, 2.75) is 6.61 Å². The van der Waals surface area contributed by atoms with E-state index in [1.807, 2.05) is 12.1 Å². The molecule has 0 aliphatic heterocycles. The number of nitrogens with zero attached hydrogens (tertiary/aromatic N) is 1. The van der Waals surface area contributed by atoms with Crippen molar-refractivity contribution in [3.05, 3.63) is 39.5 Å². The lowest BCUT2D eigenvalue weighted by molar-refractivity contribution is 0.229. The van der Waals surface area contributed by atoms with Gasteiger partial charge in [0.1, 0.15) is 12.3 Å². The Morgan fingerprint density at radius 3 is 2.80 bits per heavy atom. The molecule has 0 saturated carbocycles. The molecular weight excluding hydrogens is 281 g/mol. The predicted octanol–water partition coefficient (Wildman–Crippen LogP) is 3.25. The molecule has 1 aromatic heterocycles. The zero-order valence-corrected chi connectivity index (χ0v) is 9.92. The molecular formula is C10H7BrClNO2. The van der Waals surface area contributed by atoms with Gasteiger partial charge in [-0.1, -0.05) is 22.8 Å². The summed E-state index contributed by atoms with van der Waals surface area (Å²) in [4.78, 5) is 0. The molecule has 1 N–H and O–H groups in total. The SMILES string of the molecule is OCc1cc(-c2ccc(Br)c(Cl)c2)no1. The van der Waals surface area contributed by atoms with Gasteiger partial charge in [-0.3, -0.25) is 0 Å². The molecule has 1 heterocycles. The van der Waals surface area contributed by atoms with Crippen molar-refractivity contribution in [3.63, 3.8) is 0 Å². The average Bonchev–Trinajstić information content (AvgIpc) is 2.70. The van der Waals surface area contributed by atoms with Crippen LogP contribution in [0.2, 0.25) is 5.02 Å². The van der Waals surface area contributed by atoms with Crippen molar-refractivity contribution in [1.82, 2.24) is 5.16 Å². The summed E-state index contributed by atoms with van der Waals surface area (Å²) in [5, 5.41) is 13.3. The van der Waals surface area contributed by atoms with E-state index in [0.717, 1.165) is 10.0 Å². The van der Waals surface area contributed by atoms with Crippen LogP contribution >= 0.6 is 27.5 Å². The van der Waals surface area contributed by atoms with Crippen LogP contribution in [0.1, 0.15) is 5.76 Å². The van der Waals surface area contributed by atoms with Gasteiger partial charge in [-0.05, 0) is 28.1 Å². The molecule has 15 heavy (non-hydrogen) atoms. The largest absolute Gasteiger partial charge is 0.388 e. The molecule has 2 aromatic rings. The molecule has 0 aliphatic rings. The van der Waals surface area contributed by atoms with Gasteiger partial charge in [-0.2, -0.15) is 0 Å². The van der Waals surface area contributed by atoms with Gasteiger partial charge in [0.05, 0.1) is 5.02 Å². The minimum atomic E-state index is -0.155. The maximum absolute atomic E-state index is 8.83. The zero-order chi connectivity index (χ0) is 10.8. The van der Waals surface area contributed by atoms with Gasteiger partial charge in [0.15, 0.2) is 5.76 Å². The minimum Gasteiger partial charge on any atom is -0.388 e. The number of rotatable bonds is 2. The van der Waals surface area contributed by atoms with E-state index < -0.39 is 0 Å². The van der Waals surface area contributed by atoms with Crippen LogP contribution in [0, 0.1) is 0 Å². The Bertz CT molecular complexity index is 484. The van der Waals surface area contributed by atoms with Crippen LogP contribution < -0.4 is 0 Å². The quantitative estimate of drug-likeness (QED) is 0.922. The van der Waals surface area contributed by atoms with Crippen LogP contribution in [0.3, 0.4) is 0 Å². The van der Waals surface area contributed by atoms with Crippen molar-refractivity contribution in [2.24, 2.45) is 0 Å². The highest BCUT2D eigenvalue weighted by Gasteiger charge is 2.07. The first-order chi connectivity index (χ1) is 7.20. The molecule has 0 saturated heterocycles. The fourth-order valence-corrected chi connectivity index (χ4v) is 1.61. The molecule has 0 bridgehead atoms. The topological polar surface area (TPSA) is 46.3 Å². The van der Waals surface area contributed by atoms with Gasteiger partial charge >= 0.3 is 0 Å². The third kappa shape index (κ3) is 2.22. The highest BCUT2D eigenvalue weighted by Crippen LogP contribution is 2.28. The lowest BCUT2D eigenvalue weighted by Gasteiger charge is -1.98. The van der Waals surface area contributed by atoms with Crippen LogP contribution in [-0.2, 0) is 6.61 Å². The van der Waals surface area contributed by atoms with Gasteiger partial charge in [0.25, 0.3) is 0 Å². The minimum absolute atomic E-state index is 0.155. The summed E-state index contributed by atoms with van der Waals surface area (Å²) in [5.74, 6) is 0.434. The van der Waals surface area contributed by atoms with Gasteiger partial charge < -0.3 is 9.63 Å². The Kier molecular flexibility index (Phi) is 3.09. The van der Waals surface area contributed by atoms with Crippen molar-refractivity contribution in [2.75, 3.05) is 0 Å². The van der Waals surface area contributed by atoms with Crippen LogP contribution in [0.5, 0.6) is 0 Å². The smallest absolute Gasteiger partial charge is 0.162 e. The number of hydrogen-bond acceptors (Lipinski definition) is 3. The van der Waals surface area contributed by atoms with Crippen molar-refractivity contribution < 1.29 is 9.63 Å². The molecule has 0 atom stereocenters. The highest BCUT2D eigenvalue weighted by atomic mass is 79.9. The van der Waals surface area contributed by atoms with E-state index in [-0.39, 0.29) is 6.61 Å². The number of halogens is 2. The van der Waals surface area contributed by atoms with E-state index in [2.05, 4.69) is 21.1 Å². The first-order valence-electron chi connectivity index (χ1n) is 4.22. The lowest BCUT2D eigenvalue weighted by Crippen LogP contribution is -1.78. The Hall–Kier alpha value is -0.840. The molecule has 78 valence electrons. The van der Waals surface area contributed by atoms with Gasteiger partial charge in [0.2, 0.25) is 0 Å². The van der Waals surface area contributed by atoms with Crippen LogP contribution in [0.4, 0.5) is 0 Å². The van der Waals surface area contributed by atoms with E-state index in [4.69, 9.17) is 21.2 Å². The van der Waals surface area contributed by atoms with Crippen LogP contribution in [0.15, 0.2) is 33.3 Å². The molecule has 0 amide bonds. The van der Waals surface area contributed by atoms with E-state index >= 15 is 0 Å². The molecule has 0 fully saturated rings. The zero-order valence-electron chi connectivity index (χ0n) is 7.58. The summed E-state index contributed by atoms with van der Waals surface area (Å²) >= 11 is 9.25. The molecule has 2 rings (SSSR count). The molecule has 0 radical (unpaired) electrons. The first-order valence-corrected chi connectivity index (χ1v) is 5.39. The van der Waals surface area contributed by atoms with Gasteiger partial charge in [-0.15, -0.1) is 0 Å². The Labute approximate surface area is 99.8 Å². The van der Waals surface area contributed by atoms with Gasteiger partial charge in [-0.25, -0.2) is 0 Å². The molecule has 0 spiro atoms. The number of aromatic nitrogens is 1. The summed E-state index contributed by atoms with van der Waals surface area (Å²) in [5.41, 5.74) is 1.51. The van der Waals surface area contributed by atoms with E-state index in [0.29, 0.717) is 16.5 Å². The fraction of sp³-hybridized carbons (Fsp3) is 0.100. The number of aliphatic hydroxyl groups excluding tert-OH is 1. The maximum Gasteiger partial charge on any atom is 0.162 e. The second-order valence-electron chi connectivity index (χ2n) is 2.97. The maximum atomic E-state index is 8.83. The highest BCUT2D eigenvalue weighted by molar-refractivity contribution is 9.10. The van der Waals surface area contributed by atoms with Gasteiger partial charge in [0, 0.05) is 16.1 Å². The molecule has 1 aromatic carbocycles. The van der Waals surface area contributed by atoms with E-state index in [1.165, 1.54) is 0 Å². The average molecular weight is 289 g/mol. The van der Waals surface area contributed by atoms with Crippen molar-refractivity contribution in [3.8, 4) is 11.3 Å². The first kappa shape index (κ1) is 10.7. The third-order valence-corrected chi connectivity index (χ3v) is 3.16. The molecule has 5 heteroatoms. The molecule has 0 aliphatic carbocycles. The molecule has 0 unspecified atom stereocenters. The summed E-state index contributed by atoms with van der Waals surface area (Å²) < 4.78 is 5.72. The summed E-state index contributed by atoms with van der Waals surface area (Å²) in [6.45, 7) is -0.155. The number of hydrogen-bond donors (Lipinski definition) is 1. The van der Waals surface area contributed by atoms with E-state index in [9.17, 15) is 0 Å². The third-order valence-electron chi connectivity index (χ3n) is 1.93.